The number of imidazole rings is 1. The Morgan fingerprint density at radius 2 is 1.79 bits per heavy atom. The number of hydrogen-bond acceptors (Lipinski definition) is 2. The first kappa shape index (κ1) is 21.5. The van der Waals surface area contributed by atoms with Crippen LogP contribution in [0.15, 0.2) is 47.1 Å². The number of para-hydroxylation sites is 1. The number of ketones is 1. The maximum absolute atomic E-state index is 13.7. The van der Waals surface area contributed by atoms with Gasteiger partial charge < -0.3 is 9.55 Å². The summed E-state index contributed by atoms with van der Waals surface area (Å²) < 4.78 is 43.6. The molecule has 0 amide bonds. The lowest BCUT2D eigenvalue weighted by Gasteiger charge is -2.12. The van der Waals surface area contributed by atoms with Crippen molar-refractivity contribution in [3.63, 3.8) is 0 Å². The molecule has 0 radical (unpaired) electrons. The van der Waals surface area contributed by atoms with Crippen LogP contribution < -0.4 is 0 Å². The van der Waals surface area contributed by atoms with Gasteiger partial charge in [0.2, 0.25) is 0 Å². The van der Waals surface area contributed by atoms with Crippen molar-refractivity contribution in [2.45, 2.75) is 13.8 Å². The van der Waals surface area contributed by atoms with Crippen LogP contribution in [0, 0.1) is 31.3 Å². The summed E-state index contributed by atoms with van der Waals surface area (Å²) in [6.07, 6.45) is 1.50. The molecule has 166 valence electrons. The Morgan fingerprint density at radius 3 is 2.48 bits per heavy atom. The van der Waals surface area contributed by atoms with E-state index in [-0.39, 0.29) is 11.1 Å². The molecule has 1 N–H and O–H groups in total. The molecule has 0 aliphatic carbocycles. The maximum atomic E-state index is 13.7. The van der Waals surface area contributed by atoms with E-state index in [0.29, 0.717) is 23.0 Å². The highest BCUT2D eigenvalue weighted by molar-refractivity contribution is 9.10. The zero-order valence-electron chi connectivity index (χ0n) is 17.9. The third kappa shape index (κ3) is 3.20. The number of rotatable bonds is 3. The van der Waals surface area contributed by atoms with Crippen molar-refractivity contribution >= 4 is 43.6 Å². The average Bonchev–Trinajstić information content (AvgIpc) is 3.34. The van der Waals surface area contributed by atoms with Crippen molar-refractivity contribution in [2.75, 3.05) is 0 Å². The number of fused-ring (bicyclic) bond motifs is 2. The molecule has 0 spiro atoms. The predicted molar refractivity (Wildman–Crippen MR) is 125 cm³/mol. The van der Waals surface area contributed by atoms with Crippen LogP contribution in [0.2, 0.25) is 0 Å². The number of nitrogens with zero attached hydrogens (tertiary/aromatic N) is 2. The third-order valence-corrected chi connectivity index (χ3v) is 6.79. The van der Waals surface area contributed by atoms with Crippen LogP contribution in [-0.2, 0) is 7.05 Å². The van der Waals surface area contributed by atoms with Gasteiger partial charge in [-0.25, -0.2) is 18.2 Å². The minimum Gasteiger partial charge on any atom is -0.360 e. The van der Waals surface area contributed by atoms with Crippen molar-refractivity contribution in [3.8, 4) is 11.1 Å². The highest BCUT2D eigenvalue weighted by Crippen LogP contribution is 2.40. The molecule has 0 unspecified atom stereocenters. The Bertz CT molecular complexity index is 1590. The van der Waals surface area contributed by atoms with E-state index in [4.69, 9.17) is 0 Å². The van der Waals surface area contributed by atoms with E-state index < -0.39 is 23.2 Å². The van der Waals surface area contributed by atoms with Gasteiger partial charge in [0.05, 0.1) is 15.5 Å². The predicted octanol–water partition coefficient (Wildman–Crippen LogP) is 6.75. The summed E-state index contributed by atoms with van der Waals surface area (Å²) in [6, 6.07) is 8.98. The average molecular weight is 512 g/mol. The van der Waals surface area contributed by atoms with Crippen molar-refractivity contribution in [2.24, 2.45) is 7.05 Å². The highest BCUT2D eigenvalue weighted by atomic mass is 79.9. The summed E-state index contributed by atoms with van der Waals surface area (Å²) >= 11 is 3.72. The fourth-order valence-corrected chi connectivity index (χ4v) is 5.06. The number of carbonyl (C=O) groups excluding carboxylic acids is 1. The molecule has 5 rings (SSSR count). The molecular weight excluding hydrogens is 495 g/mol. The quantitative estimate of drug-likeness (QED) is 0.215. The molecule has 0 fully saturated rings. The summed E-state index contributed by atoms with van der Waals surface area (Å²) in [5.74, 6) is -4.14. The third-order valence-electron chi connectivity index (χ3n) is 6.01. The Kier molecular flexibility index (Phi) is 4.93. The summed E-state index contributed by atoms with van der Waals surface area (Å²) in [7, 11) is 1.96. The molecule has 2 aromatic heterocycles. The Morgan fingerprint density at radius 1 is 1.09 bits per heavy atom. The lowest BCUT2D eigenvalue weighted by molar-refractivity contribution is 0.103. The zero-order chi connectivity index (χ0) is 23.6. The van der Waals surface area contributed by atoms with Gasteiger partial charge in [0.1, 0.15) is 11.3 Å². The van der Waals surface area contributed by atoms with E-state index >= 15 is 0 Å². The van der Waals surface area contributed by atoms with E-state index in [9.17, 15) is 18.0 Å². The molecule has 0 bridgehead atoms. The number of aryl methyl sites for hydroxylation is 3. The first-order chi connectivity index (χ1) is 15.7. The van der Waals surface area contributed by atoms with E-state index in [1.54, 1.807) is 6.07 Å². The Hall–Kier alpha value is -3.39. The molecule has 0 atom stereocenters. The molecule has 33 heavy (non-hydrogen) atoms. The number of aromatic amines is 1. The van der Waals surface area contributed by atoms with Crippen molar-refractivity contribution in [1.29, 1.82) is 0 Å². The van der Waals surface area contributed by atoms with E-state index in [2.05, 4.69) is 32.0 Å². The van der Waals surface area contributed by atoms with Crippen molar-refractivity contribution in [1.82, 2.24) is 14.5 Å². The molecule has 3 aromatic carbocycles. The second-order valence-electron chi connectivity index (χ2n) is 7.98. The molecule has 0 saturated heterocycles. The molecule has 4 nitrogen and oxygen atoms in total. The lowest BCUT2D eigenvalue weighted by atomic mass is 9.95. The highest BCUT2D eigenvalue weighted by Gasteiger charge is 2.22. The largest absolute Gasteiger partial charge is 0.360 e. The first-order valence-corrected chi connectivity index (χ1v) is 10.9. The SMILES string of the molecule is Cc1cc2c(nc(C)n2C)c(Br)c1-c1cccc2c(C(=O)c3cc(F)c(F)c(F)c3)c[nH]c12. The number of aromatic nitrogens is 3. The topological polar surface area (TPSA) is 50.7 Å². The lowest BCUT2D eigenvalue weighted by Crippen LogP contribution is -2.04. The monoisotopic (exact) mass is 511 g/mol. The molecule has 8 heteroatoms. The van der Waals surface area contributed by atoms with E-state index in [1.165, 1.54) is 6.20 Å². The first-order valence-electron chi connectivity index (χ1n) is 10.1. The number of benzene rings is 3. The summed E-state index contributed by atoms with van der Waals surface area (Å²) in [5.41, 5.74) is 5.27. The molecule has 5 aromatic rings. The number of nitrogens with one attached hydrogen (secondary N) is 1. The van der Waals surface area contributed by atoms with Crippen LogP contribution in [0.3, 0.4) is 0 Å². The zero-order valence-corrected chi connectivity index (χ0v) is 19.4. The molecule has 0 saturated carbocycles. The van der Waals surface area contributed by atoms with E-state index in [1.807, 2.05) is 37.6 Å². The Labute approximate surface area is 195 Å². The van der Waals surface area contributed by atoms with Crippen molar-refractivity contribution in [3.05, 3.63) is 87.0 Å². The van der Waals surface area contributed by atoms with Crippen LogP contribution in [-0.4, -0.2) is 20.3 Å². The second kappa shape index (κ2) is 7.59. The second-order valence-corrected chi connectivity index (χ2v) is 8.77. The minimum atomic E-state index is -1.60. The standard InChI is InChI=1S/C25H17BrF3N3O/c1-11-7-19-24(31-12(2)32(19)3)21(26)20(11)15-6-4-5-14-16(10-30-23(14)15)25(33)13-8-17(27)22(29)18(28)9-13/h4-10,30H,1-3H3. The Balaban J connectivity index is 1.70. The minimum absolute atomic E-state index is 0.237. The number of hydrogen-bond donors (Lipinski definition) is 1. The summed E-state index contributed by atoms with van der Waals surface area (Å²) in [6.45, 7) is 3.94. The van der Waals surface area contributed by atoms with Crippen molar-refractivity contribution < 1.29 is 18.0 Å². The van der Waals surface area contributed by atoms with E-state index in [0.717, 1.165) is 38.0 Å². The maximum Gasteiger partial charge on any atom is 0.195 e. The van der Waals surface area contributed by atoms with Gasteiger partial charge in [-0.1, -0.05) is 18.2 Å². The van der Waals surface area contributed by atoms with Crippen LogP contribution in [0.25, 0.3) is 33.1 Å². The van der Waals surface area contributed by atoms with Gasteiger partial charge in [0, 0.05) is 40.9 Å². The van der Waals surface area contributed by atoms with Gasteiger partial charge in [-0.05, 0) is 53.5 Å². The normalized spacial score (nSPS) is 11.6. The summed E-state index contributed by atoms with van der Waals surface area (Å²) in [5, 5.41) is 0.589. The van der Waals surface area contributed by atoms with Gasteiger partial charge in [-0.2, -0.15) is 0 Å². The molecule has 2 heterocycles. The molecular formula is C25H17BrF3N3O. The molecule has 0 aliphatic heterocycles. The van der Waals surface area contributed by atoms with Crippen LogP contribution in [0.5, 0.6) is 0 Å². The van der Waals surface area contributed by atoms with Gasteiger partial charge >= 0.3 is 0 Å². The van der Waals surface area contributed by atoms with Gasteiger partial charge in [-0.3, -0.25) is 4.79 Å². The van der Waals surface area contributed by atoms with Gasteiger partial charge in [0.25, 0.3) is 0 Å². The van der Waals surface area contributed by atoms with Crippen LogP contribution in [0.4, 0.5) is 13.2 Å². The smallest absolute Gasteiger partial charge is 0.195 e. The van der Waals surface area contributed by atoms with Gasteiger partial charge in [-0.15, -0.1) is 0 Å². The number of halogens is 4. The summed E-state index contributed by atoms with van der Waals surface area (Å²) in [4.78, 5) is 20.8. The van der Waals surface area contributed by atoms with Gasteiger partial charge in [0.15, 0.2) is 23.2 Å². The number of H-pyrrole nitrogens is 1. The fourth-order valence-electron chi connectivity index (χ4n) is 4.25. The fraction of sp³-hybridized carbons (Fsp3) is 0.120. The van der Waals surface area contributed by atoms with Crippen LogP contribution >= 0.6 is 15.9 Å². The van der Waals surface area contributed by atoms with Crippen LogP contribution in [0.1, 0.15) is 27.3 Å². The molecule has 0 aliphatic rings. The number of carbonyl (C=O) groups is 1.